The average Bonchev–Trinajstić information content (AvgIpc) is 2.81. The molecule has 1 aliphatic carbocycles. The molecule has 2 aromatic rings. The van der Waals surface area contributed by atoms with Gasteiger partial charge in [-0.25, -0.2) is 0 Å². The van der Waals surface area contributed by atoms with Crippen LogP contribution in [0.2, 0.25) is 10.0 Å². The molecule has 1 saturated carbocycles. The summed E-state index contributed by atoms with van der Waals surface area (Å²) >= 11 is 13.8. The fraction of sp³-hybridized carbons (Fsp3) is 0.481. The lowest BCUT2D eigenvalue weighted by atomic mass is 9.95. The Bertz CT molecular complexity index is 979. The van der Waals surface area contributed by atoms with Crippen molar-refractivity contribution in [1.29, 1.82) is 0 Å². The molecule has 1 N–H and O–H groups in total. The second-order valence-electron chi connectivity index (χ2n) is 9.01. The molecule has 0 aromatic heterocycles. The fourth-order valence-electron chi connectivity index (χ4n) is 4.44. The molecule has 34 heavy (non-hydrogen) atoms. The summed E-state index contributed by atoms with van der Waals surface area (Å²) in [6.45, 7) is 4.43. The molecule has 1 fully saturated rings. The van der Waals surface area contributed by atoms with Crippen LogP contribution in [0.25, 0.3) is 0 Å². The van der Waals surface area contributed by atoms with Crippen LogP contribution in [0.15, 0.2) is 42.5 Å². The Morgan fingerprint density at radius 1 is 1.12 bits per heavy atom. The highest BCUT2D eigenvalue weighted by Gasteiger charge is 2.30. The van der Waals surface area contributed by atoms with Crippen molar-refractivity contribution in [3.8, 4) is 0 Å². The molecule has 3 rings (SSSR count). The zero-order valence-electron chi connectivity index (χ0n) is 20.0. The largest absolute Gasteiger partial charge is 0.352 e. The number of nitrogens with zero attached hydrogens (tertiary/aromatic N) is 1. The van der Waals surface area contributed by atoms with E-state index in [0.717, 1.165) is 42.4 Å². The van der Waals surface area contributed by atoms with Crippen molar-refractivity contribution in [3.05, 3.63) is 69.2 Å². The summed E-state index contributed by atoms with van der Waals surface area (Å²) in [5, 5.41) is 4.42. The first kappa shape index (κ1) is 26.9. The fourth-order valence-corrected chi connectivity index (χ4v) is 5.91. The minimum Gasteiger partial charge on any atom is -0.352 e. The summed E-state index contributed by atoms with van der Waals surface area (Å²) in [6.07, 6.45) is 6.15. The second kappa shape index (κ2) is 13.4. The van der Waals surface area contributed by atoms with Crippen molar-refractivity contribution in [2.75, 3.05) is 5.75 Å². The number of nitrogens with one attached hydrogen (secondary N) is 1. The summed E-state index contributed by atoms with van der Waals surface area (Å²) in [4.78, 5) is 28.5. The number of rotatable bonds is 10. The third-order valence-electron chi connectivity index (χ3n) is 6.27. The maximum absolute atomic E-state index is 13.4. The normalized spacial score (nSPS) is 15.1. The number of hydrogen-bond acceptors (Lipinski definition) is 3. The molecule has 0 unspecified atom stereocenters. The summed E-state index contributed by atoms with van der Waals surface area (Å²) < 4.78 is 0. The SMILES string of the molecule is CC[C@H](C(=O)NC1CCCCC1)N(Cc1cccc(C)c1)C(=O)CSCc1ccc(Cl)cc1Cl. The maximum atomic E-state index is 13.4. The van der Waals surface area contributed by atoms with Gasteiger partial charge in [-0.2, -0.15) is 0 Å². The van der Waals surface area contributed by atoms with E-state index in [9.17, 15) is 9.59 Å². The van der Waals surface area contributed by atoms with E-state index in [4.69, 9.17) is 23.2 Å². The quantitative estimate of drug-likeness (QED) is 0.375. The van der Waals surface area contributed by atoms with Crippen LogP contribution in [0.3, 0.4) is 0 Å². The zero-order valence-corrected chi connectivity index (χ0v) is 22.3. The van der Waals surface area contributed by atoms with Gasteiger partial charge < -0.3 is 10.2 Å². The van der Waals surface area contributed by atoms with Crippen LogP contribution >= 0.6 is 35.0 Å². The monoisotopic (exact) mass is 520 g/mol. The van der Waals surface area contributed by atoms with Crippen molar-refractivity contribution >= 4 is 46.8 Å². The van der Waals surface area contributed by atoms with Crippen LogP contribution in [0, 0.1) is 6.92 Å². The Labute approximate surface area is 217 Å². The first-order valence-corrected chi connectivity index (χ1v) is 14.0. The summed E-state index contributed by atoms with van der Waals surface area (Å²) in [5.74, 6) is 0.798. The van der Waals surface area contributed by atoms with Crippen LogP contribution in [0.1, 0.15) is 62.1 Å². The van der Waals surface area contributed by atoms with Crippen LogP contribution in [-0.4, -0.2) is 34.6 Å². The standard InChI is InChI=1S/C27H34Cl2N2O2S/c1-3-25(27(33)30-23-10-5-4-6-11-23)31(16-20-9-7-8-19(2)14-20)26(32)18-34-17-21-12-13-22(28)15-24(21)29/h7-9,12-15,23,25H,3-6,10-11,16-18H2,1-2H3,(H,30,33)/t25-/m1/s1. The molecule has 1 atom stereocenters. The van der Waals surface area contributed by atoms with Gasteiger partial charge in [0, 0.05) is 28.4 Å². The lowest BCUT2D eigenvalue weighted by Gasteiger charge is -2.33. The Morgan fingerprint density at radius 3 is 2.56 bits per heavy atom. The van der Waals surface area contributed by atoms with Crippen molar-refractivity contribution in [2.45, 2.75) is 76.8 Å². The Morgan fingerprint density at radius 2 is 1.88 bits per heavy atom. The molecule has 4 nitrogen and oxygen atoms in total. The number of hydrogen-bond donors (Lipinski definition) is 1. The summed E-state index contributed by atoms with van der Waals surface area (Å²) in [7, 11) is 0. The van der Waals surface area contributed by atoms with Gasteiger partial charge >= 0.3 is 0 Å². The van der Waals surface area contributed by atoms with Gasteiger partial charge in [-0.1, -0.05) is 85.3 Å². The first-order valence-electron chi connectivity index (χ1n) is 12.0. The molecule has 0 heterocycles. The Kier molecular flexibility index (Phi) is 10.6. The van der Waals surface area contributed by atoms with Gasteiger partial charge in [0.2, 0.25) is 11.8 Å². The van der Waals surface area contributed by atoms with Gasteiger partial charge in [0.25, 0.3) is 0 Å². The predicted octanol–water partition coefficient (Wildman–Crippen LogP) is 6.79. The summed E-state index contributed by atoms with van der Waals surface area (Å²) in [6, 6.07) is 13.3. The molecule has 1 aliphatic rings. The number of carbonyl (C=O) groups is 2. The van der Waals surface area contributed by atoms with E-state index < -0.39 is 6.04 Å². The number of halogens is 2. The Balaban J connectivity index is 1.71. The van der Waals surface area contributed by atoms with Crippen LogP contribution in [0.5, 0.6) is 0 Å². The lowest BCUT2D eigenvalue weighted by molar-refractivity contribution is -0.139. The third-order valence-corrected chi connectivity index (χ3v) is 7.82. The van der Waals surface area contributed by atoms with E-state index in [1.165, 1.54) is 18.2 Å². The van der Waals surface area contributed by atoms with Crippen molar-refractivity contribution < 1.29 is 9.59 Å². The number of benzene rings is 2. The van der Waals surface area contributed by atoms with E-state index >= 15 is 0 Å². The topological polar surface area (TPSA) is 49.4 Å². The van der Waals surface area contributed by atoms with Crippen LogP contribution in [0.4, 0.5) is 0 Å². The molecule has 2 amide bonds. The van der Waals surface area contributed by atoms with Gasteiger partial charge in [0.15, 0.2) is 0 Å². The predicted molar refractivity (Wildman–Crippen MR) is 143 cm³/mol. The van der Waals surface area contributed by atoms with Gasteiger partial charge in [-0.15, -0.1) is 11.8 Å². The minimum absolute atomic E-state index is 0.0396. The van der Waals surface area contributed by atoms with Crippen molar-refractivity contribution in [3.63, 3.8) is 0 Å². The molecule has 0 spiro atoms. The van der Waals surface area contributed by atoms with Crippen LogP contribution < -0.4 is 5.32 Å². The third kappa shape index (κ3) is 7.93. The molecule has 0 aliphatic heterocycles. The first-order chi connectivity index (χ1) is 16.4. The highest BCUT2D eigenvalue weighted by molar-refractivity contribution is 7.99. The molecule has 184 valence electrons. The molecular formula is C27H34Cl2N2O2S. The van der Waals surface area contributed by atoms with E-state index in [1.54, 1.807) is 17.0 Å². The summed E-state index contributed by atoms with van der Waals surface area (Å²) in [5.41, 5.74) is 3.11. The number of aryl methyl sites for hydroxylation is 1. The molecule has 0 bridgehead atoms. The molecule has 7 heteroatoms. The van der Waals surface area contributed by atoms with Gasteiger partial charge in [-0.3, -0.25) is 9.59 Å². The van der Waals surface area contributed by atoms with Gasteiger partial charge in [0.05, 0.1) is 5.75 Å². The molecule has 2 aromatic carbocycles. The highest BCUT2D eigenvalue weighted by Crippen LogP contribution is 2.25. The van der Waals surface area contributed by atoms with Crippen LogP contribution in [-0.2, 0) is 21.9 Å². The van der Waals surface area contributed by atoms with E-state index in [1.807, 2.05) is 38.1 Å². The number of thioether (sulfide) groups is 1. The average molecular weight is 522 g/mol. The molecular weight excluding hydrogens is 487 g/mol. The maximum Gasteiger partial charge on any atom is 0.243 e. The van der Waals surface area contributed by atoms with E-state index in [-0.39, 0.29) is 23.6 Å². The smallest absolute Gasteiger partial charge is 0.243 e. The van der Waals surface area contributed by atoms with E-state index in [2.05, 4.69) is 11.4 Å². The van der Waals surface area contributed by atoms with Gasteiger partial charge in [-0.05, 0) is 49.4 Å². The zero-order chi connectivity index (χ0) is 24.5. The number of carbonyl (C=O) groups excluding carboxylic acids is 2. The van der Waals surface area contributed by atoms with Crippen molar-refractivity contribution in [1.82, 2.24) is 10.2 Å². The number of amides is 2. The molecule has 0 saturated heterocycles. The minimum atomic E-state index is -0.491. The highest BCUT2D eigenvalue weighted by atomic mass is 35.5. The van der Waals surface area contributed by atoms with Crippen molar-refractivity contribution in [2.24, 2.45) is 0 Å². The second-order valence-corrected chi connectivity index (χ2v) is 10.8. The van der Waals surface area contributed by atoms with E-state index in [0.29, 0.717) is 28.8 Å². The molecule has 0 radical (unpaired) electrons. The lowest BCUT2D eigenvalue weighted by Crippen LogP contribution is -2.52. The Hall–Kier alpha value is -1.69. The van der Waals surface area contributed by atoms with Gasteiger partial charge in [0.1, 0.15) is 6.04 Å².